The fourth-order valence-electron chi connectivity index (χ4n) is 1.63. The number of benzene rings is 1. The zero-order chi connectivity index (χ0) is 13.0. The number of pyridine rings is 1. The van der Waals surface area contributed by atoms with E-state index in [9.17, 15) is 0 Å². The van der Waals surface area contributed by atoms with Crippen LogP contribution in [0.5, 0.6) is 0 Å². The molecule has 0 unspecified atom stereocenters. The Morgan fingerprint density at radius 1 is 1.28 bits per heavy atom. The van der Waals surface area contributed by atoms with Gasteiger partial charge in [-0.2, -0.15) is 5.26 Å². The second-order valence-electron chi connectivity index (χ2n) is 3.91. The topological polar surface area (TPSA) is 74.7 Å². The Kier molecular flexibility index (Phi) is 3.44. The molecule has 2 aromatic rings. The summed E-state index contributed by atoms with van der Waals surface area (Å²) in [5, 5.41) is 12.0. The lowest BCUT2D eigenvalue weighted by Crippen LogP contribution is -2.01. The van der Waals surface area contributed by atoms with E-state index in [4.69, 9.17) is 11.0 Å². The van der Waals surface area contributed by atoms with Crippen molar-refractivity contribution in [2.24, 2.45) is 0 Å². The van der Waals surface area contributed by atoms with E-state index >= 15 is 0 Å². The van der Waals surface area contributed by atoms with Crippen LogP contribution in [0.2, 0.25) is 0 Å². The molecule has 1 aromatic carbocycles. The van der Waals surface area contributed by atoms with Gasteiger partial charge in [-0.1, -0.05) is 19.1 Å². The number of nitrogens with two attached hydrogens (primary N) is 1. The minimum absolute atomic E-state index is 0.375. The van der Waals surface area contributed by atoms with Gasteiger partial charge in [0.05, 0.1) is 11.3 Å². The number of nitrogen functional groups attached to an aromatic ring is 1. The third kappa shape index (κ3) is 2.41. The molecular formula is C14H14N4. The molecule has 4 heteroatoms. The van der Waals surface area contributed by atoms with Gasteiger partial charge in [-0.05, 0) is 30.2 Å². The first kappa shape index (κ1) is 11.9. The average molecular weight is 238 g/mol. The van der Waals surface area contributed by atoms with Gasteiger partial charge in [0, 0.05) is 11.9 Å². The number of hydrogen-bond donors (Lipinski definition) is 2. The van der Waals surface area contributed by atoms with Gasteiger partial charge in [0.2, 0.25) is 0 Å². The van der Waals surface area contributed by atoms with Crippen LogP contribution in [0.25, 0.3) is 0 Å². The SMILES string of the molecule is CCc1ccc(Nc2nccc(C#N)c2N)cc1. The largest absolute Gasteiger partial charge is 0.395 e. The van der Waals surface area contributed by atoms with Crippen molar-refractivity contribution >= 4 is 17.2 Å². The summed E-state index contributed by atoms with van der Waals surface area (Å²) in [6, 6.07) is 11.7. The zero-order valence-electron chi connectivity index (χ0n) is 10.1. The summed E-state index contributed by atoms with van der Waals surface area (Å²) < 4.78 is 0. The normalized spacial score (nSPS) is 9.78. The molecule has 3 N–H and O–H groups in total. The summed E-state index contributed by atoms with van der Waals surface area (Å²) in [7, 11) is 0. The fraction of sp³-hybridized carbons (Fsp3) is 0.143. The monoisotopic (exact) mass is 238 g/mol. The lowest BCUT2D eigenvalue weighted by atomic mass is 10.1. The lowest BCUT2D eigenvalue weighted by Gasteiger charge is -2.09. The third-order valence-electron chi connectivity index (χ3n) is 2.74. The number of nitrogens with one attached hydrogen (secondary N) is 1. The van der Waals surface area contributed by atoms with Crippen molar-refractivity contribution in [1.82, 2.24) is 4.98 Å². The summed E-state index contributed by atoms with van der Waals surface area (Å²) in [6.07, 6.45) is 2.57. The molecule has 0 bridgehead atoms. The van der Waals surface area contributed by atoms with Gasteiger partial charge in [-0.25, -0.2) is 4.98 Å². The maximum atomic E-state index is 8.89. The molecule has 0 aliphatic carbocycles. The number of aryl methyl sites for hydroxylation is 1. The number of nitriles is 1. The highest BCUT2D eigenvalue weighted by Crippen LogP contribution is 2.23. The Hall–Kier alpha value is -2.54. The maximum Gasteiger partial charge on any atom is 0.154 e. The zero-order valence-corrected chi connectivity index (χ0v) is 10.1. The van der Waals surface area contributed by atoms with E-state index in [1.165, 1.54) is 5.56 Å². The second kappa shape index (κ2) is 5.19. The molecule has 2 rings (SSSR count). The van der Waals surface area contributed by atoms with Crippen LogP contribution in [-0.4, -0.2) is 4.98 Å². The van der Waals surface area contributed by atoms with Crippen LogP contribution in [0.15, 0.2) is 36.5 Å². The summed E-state index contributed by atoms with van der Waals surface area (Å²) in [4.78, 5) is 4.14. The van der Waals surface area contributed by atoms with Gasteiger partial charge in [0.1, 0.15) is 6.07 Å². The molecule has 1 aromatic heterocycles. The maximum absolute atomic E-state index is 8.89. The number of aromatic nitrogens is 1. The summed E-state index contributed by atoms with van der Waals surface area (Å²) >= 11 is 0. The van der Waals surface area contributed by atoms with E-state index in [0.717, 1.165) is 12.1 Å². The van der Waals surface area contributed by atoms with Crippen molar-refractivity contribution in [3.8, 4) is 6.07 Å². The average Bonchev–Trinajstić information content (AvgIpc) is 2.42. The Morgan fingerprint density at radius 3 is 2.61 bits per heavy atom. The van der Waals surface area contributed by atoms with E-state index in [-0.39, 0.29) is 0 Å². The van der Waals surface area contributed by atoms with Crippen LogP contribution in [0.1, 0.15) is 18.1 Å². The number of rotatable bonds is 3. The van der Waals surface area contributed by atoms with Gasteiger partial charge >= 0.3 is 0 Å². The first-order valence-corrected chi connectivity index (χ1v) is 5.75. The van der Waals surface area contributed by atoms with Gasteiger partial charge in [0.15, 0.2) is 5.82 Å². The molecule has 0 saturated carbocycles. The van der Waals surface area contributed by atoms with Crippen LogP contribution in [0.3, 0.4) is 0 Å². The highest BCUT2D eigenvalue weighted by Gasteiger charge is 2.05. The molecule has 1 heterocycles. The van der Waals surface area contributed by atoms with Gasteiger partial charge < -0.3 is 11.1 Å². The molecule has 0 spiro atoms. The highest BCUT2D eigenvalue weighted by atomic mass is 15.0. The highest BCUT2D eigenvalue weighted by molar-refractivity contribution is 5.73. The first-order valence-electron chi connectivity index (χ1n) is 5.75. The fourth-order valence-corrected chi connectivity index (χ4v) is 1.63. The van der Waals surface area contributed by atoms with E-state index in [1.807, 2.05) is 30.3 Å². The van der Waals surface area contributed by atoms with Crippen molar-refractivity contribution < 1.29 is 0 Å². The van der Waals surface area contributed by atoms with Crippen LogP contribution >= 0.6 is 0 Å². The van der Waals surface area contributed by atoms with Crippen molar-refractivity contribution in [3.63, 3.8) is 0 Å². The number of nitrogens with zero attached hydrogens (tertiary/aromatic N) is 2. The predicted octanol–water partition coefficient (Wildman–Crippen LogP) is 2.84. The van der Waals surface area contributed by atoms with Crippen LogP contribution in [-0.2, 0) is 6.42 Å². The van der Waals surface area contributed by atoms with E-state index in [2.05, 4.69) is 17.2 Å². The number of hydrogen-bond acceptors (Lipinski definition) is 4. The van der Waals surface area contributed by atoms with Crippen LogP contribution < -0.4 is 11.1 Å². The molecule has 18 heavy (non-hydrogen) atoms. The van der Waals surface area contributed by atoms with Crippen molar-refractivity contribution in [1.29, 1.82) is 5.26 Å². The Balaban J connectivity index is 2.26. The minimum atomic E-state index is 0.375. The summed E-state index contributed by atoms with van der Waals surface area (Å²) in [5.74, 6) is 0.512. The molecule has 90 valence electrons. The molecule has 0 saturated heterocycles. The van der Waals surface area contributed by atoms with Crippen molar-refractivity contribution in [2.75, 3.05) is 11.1 Å². The molecule has 0 radical (unpaired) electrons. The van der Waals surface area contributed by atoms with E-state index < -0.39 is 0 Å². The standard InChI is InChI=1S/C14H14N4/c1-2-10-3-5-12(6-4-10)18-14-13(16)11(9-15)7-8-17-14/h3-8H,2,16H2,1H3,(H,17,18). The minimum Gasteiger partial charge on any atom is -0.395 e. The van der Waals surface area contributed by atoms with Crippen molar-refractivity contribution in [3.05, 3.63) is 47.7 Å². The Bertz CT molecular complexity index is 582. The summed E-state index contributed by atoms with van der Waals surface area (Å²) in [5.41, 5.74) is 8.83. The van der Waals surface area contributed by atoms with Gasteiger partial charge in [-0.3, -0.25) is 0 Å². The molecular weight excluding hydrogens is 224 g/mol. The smallest absolute Gasteiger partial charge is 0.154 e. The Labute approximate surface area is 106 Å². The summed E-state index contributed by atoms with van der Waals surface area (Å²) in [6.45, 7) is 2.11. The molecule has 0 amide bonds. The van der Waals surface area contributed by atoms with Crippen molar-refractivity contribution in [2.45, 2.75) is 13.3 Å². The molecule has 0 aliphatic heterocycles. The van der Waals surface area contributed by atoms with E-state index in [0.29, 0.717) is 17.1 Å². The molecule has 0 atom stereocenters. The molecule has 4 nitrogen and oxygen atoms in total. The predicted molar refractivity (Wildman–Crippen MR) is 72.5 cm³/mol. The second-order valence-corrected chi connectivity index (χ2v) is 3.91. The molecule has 0 fully saturated rings. The third-order valence-corrected chi connectivity index (χ3v) is 2.74. The Morgan fingerprint density at radius 2 is 2.00 bits per heavy atom. The van der Waals surface area contributed by atoms with Gasteiger partial charge in [0.25, 0.3) is 0 Å². The van der Waals surface area contributed by atoms with Crippen LogP contribution in [0, 0.1) is 11.3 Å². The quantitative estimate of drug-likeness (QED) is 0.862. The van der Waals surface area contributed by atoms with E-state index in [1.54, 1.807) is 12.3 Å². The number of anilines is 3. The van der Waals surface area contributed by atoms with Gasteiger partial charge in [-0.15, -0.1) is 0 Å². The lowest BCUT2D eigenvalue weighted by molar-refractivity contribution is 1.14. The van der Waals surface area contributed by atoms with Crippen LogP contribution in [0.4, 0.5) is 17.2 Å². The first-order chi connectivity index (χ1) is 8.74. The molecule has 0 aliphatic rings.